The van der Waals surface area contributed by atoms with Crippen molar-refractivity contribution in [2.45, 2.75) is 130 Å². The number of nitrogens with zero attached hydrogens (tertiary/aromatic N) is 2. The van der Waals surface area contributed by atoms with Gasteiger partial charge in [0.25, 0.3) is 17.2 Å². The van der Waals surface area contributed by atoms with Gasteiger partial charge in [-0.25, -0.2) is 0 Å². The minimum Gasteiger partial charge on any atom is -0.489 e. The Hall–Kier alpha value is -2.98. The van der Waals surface area contributed by atoms with Gasteiger partial charge in [-0.2, -0.15) is 0 Å². The molecule has 0 aliphatic carbocycles. The van der Waals surface area contributed by atoms with Crippen LogP contribution in [0.25, 0.3) is 5.69 Å². The normalized spacial score (nSPS) is 11.2. The summed E-state index contributed by atoms with van der Waals surface area (Å²) in [6.07, 6.45) is 17.6. The molecule has 0 spiro atoms. The number of nitrogens with one attached hydrogen (secondary N) is 1. The predicted molar refractivity (Wildman–Crippen MR) is 187 cm³/mol. The van der Waals surface area contributed by atoms with E-state index in [-0.39, 0.29) is 56.1 Å². The largest absolute Gasteiger partial charge is 0.489 e. The fraction of sp³-hybridized carbons (Fsp3) is 0.568. The molecule has 11 heteroatoms. The Morgan fingerprint density at radius 3 is 1.96 bits per heavy atom. The van der Waals surface area contributed by atoms with Crippen molar-refractivity contribution in [3.05, 3.63) is 79.8 Å². The maximum atomic E-state index is 13.5. The first-order valence-electron chi connectivity index (χ1n) is 17.3. The summed E-state index contributed by atoms with van der Waals surface area (Å²) in [4.78, 5) is 37.9. The molecule has 0 bridgehead atoms. The number of rotatable bonds is 21. The van der Waals surface area contributed by atoms with Crippen LogP contribution in [-0.2, 0) is 44.7 Å². The molecule has 0 aliphatic rings. The van der Waals surface area contributed by atoms with Crippen molar-refractivity contribution in [1.29, 1.82) is 0 Å². The zero-order chi connectivity index (χ0) is 34.2. The van der Waals surface area contributed by atoms with Crippen LogP contribution in [-0.4, -0.2) is 22.1 Å². The van der Waals surface area contributed by atoms with Gasteiger partial charge in [-0.1, -0.05) is 111 Å². The Balaban J connectivity index is 0.00000800. The molecule has 1 aromatic heterocycles. The summed E-state index contributed by atoms with van der Waals surface area (Å²) in [5.74, 6) is 0.470. The average Bonchev–Trinajstić information content (AvgIpc) is 3.38. The maximum absolute atomic E-state index is 13.5. The zero-order valence-corrected chi connectivity index (χ0v) is 32.2. The van der Waals surface area contributed by atoms with E-state index in [1.807, 2.05) is 20.8 Å². The van der Waals surface area contributed by atoms with Crippen LogP contribution in [0.4, 0.5) is 11.4 Å². The van der Waals surface area contributed by atoms with Crippen LogP contribution in [0.3, 0.4) is 0 Å². The number of unbranched alkanes of at least 4 members (excludes halogenated alkanes) is 13. The van der Waals surface area contributed by atoms with Crippen LogP contribution in [0.1, 0.15) is 139 Å². The molecular weight excluding hydrogens is 685 g/mol. The van der Waals surface area contributed by atoms with Gasteiger partial charge in [-0.3, -0.25) is 19.7 Å². The first kappa shape index (κ1) is 41.2. The van der Waals surface area contributed by atoms with Crippen LogP contribution in [0.15, 0.2) is 51.8 Å². The summed E-state index contributed by atoms with van der Waals surface area (Å²) in [7, 11) is 0. The summed E-state index contributed by atoms with van der Waals surface area (Å²) in [6.45, 7) is 8.28. The van der Waals surface area contributed by atoms with Crippen molar-refractivity contribution < 1.29 is 51.7 Å². The molecule has 48 heavy (non-hydrogen) atoms. The van der Waals surface area contributed by atoms with E-state index in [1.165, 1.54) is 88.8 Å². The monoisotopic (exact) mass is 739 g/mol. The number of nitrogen functional groups attached to an aromatic ring is 1. The third-order valence-corrected chi connectivity index (χ3v) is 8.31. The molecule has 1 amide bonds. The van der Waals surface area contributed by atoms with Gasteiger partial charge in [0.2, 0.25) is 0 Å². The third kappa shape index (κ3) is 13.1. The predicted octanol–water partition coefficient (Wildman–Crippen LogP) is 9.01. The van der Waals surface area contributed by atoms with Crippen molar-refractivity contribution in [1.82, 2.24) is 10.1 Å². The summed E-state index contributed by atoms with van der Waals surface area (Å²) in [5.41, 5.74) is 5.10. The summed E-state index contributed by atoms with van der Waals surface area (Å²) < 4.78 is 12.7. The van der Waals surface area contributed by atoms with Crippen molar-refractivity contribution in [3.8, 4) is 11.4 Å². The Morgan fingerprint density at radius 1 is 0.896 bits per heavy atom. The standard InChI is InChI=1S/C37H54N4O6.Y/c1-5-6-7-8-9-10-11-12-13-14-15-16-17-18-25-39-35(42)28-19-24-32(33(26-28)41(44)45)40-36(43)31(34(47-40)37(2,3)4)27-46-30-22-20-29(38)21-23-30;/h19-24,26H,5-18,25,27,38H2,1-4H3,(H,39,42);. The number of aromatic nitrogens is 1. The first-order valence-corrected chi connectivity index (χ1v) is 17.3. The Bertz CT molecular complexity index is 1480. The molecule has 0 unspecified atom stereocenters. The van der Waals surface area contributed by atoms with Gasteiger partial charge < -0.3 is 20.3 Å². The third-order valence-electron chi connectivity index (χ3n) is 8.31. The van der Waals surface area contributed by atoms with Gasteiger partial charge in [0, 0.05) is 62.0 Å². The minimum atomic E-state index is -0.615. The summed E-state index contributed by atoms with van der Waals surface area (Å²) in [5, 5.41) is 15.0. The van der Waals surface area contributed by atoms with E-state index < -0.39 is 27.5 Å². The van der Waals surface area contributed by atoms with Gasteiger partial charge in [0.15, 0.2) is 11.4 Å². The van der Waals surface area contributed by atoms with E-state index in [1.54, 1.807) is 24.3 Å². The Morgan fingerprint density at radius 2 is 1.44 bits per heavy atom. The number of nitro groups is 1. The first-order chi connectivity index (χ1) is 22.5. The van der Waals surface area contributed by atoms with E-state index in [4.69, 9.17) is 15.0 Å². The van der Waals surface area contributed by atoms with Gasteiger partial charge >= 0.3 is 0 Å². The van der Waals surface area contributed by atoms with Crippen molar-refractivity contribution >= 4 is 17.3 Å². The number of ether oxygens (including phenoxy) is 1. The quantitative estimate of drug-likeness (QED) is 0.0481. The number of hydrogen-bond acceptors (Lipinski definition) is 7. The second kappa shape index (κ2) is 21.2. The Labute approximate surface area is 310 Å². The van der Waals surface area contributed by atoms with Gasteiger partial charge in [-0.15, -0.1) is 4.74 Å². The molecule has 0 fully saturated rings. The number of nitrogens with two attached hydrogens (primary N) is 1. The van der Waals surface area contributed by atoms with Crippen LogP contribution < -0.4 is 21.3 Å². The SMILES string of the molecule is CCCCCCCCCCCCCCCCNC(=O)c1ccc(-n2oc(C(C)(C)C)c(COc3ccc(N)cc3)c2=O)c([N+](=O)[O-])c1.[Y]. The van der Waals surface area contributed by atoms with E-state index in [9.17, 15) is 19.7 Å². The number of amides is 1. The van der Waals surface area contributed by atoms with E-state index >= 15 is 0 Å². The molecule has 0 saturated heterocycles. The number of benzene rings is 2. The van der Waals surface area contributed by atoms with Crippen molar-refractivity contribution in [2.75, 3.05) is 12.3 Å². The molecule has 2 aromatic carbocycles. The van der Waals surface area contributed by atoms with Crippen LogP contribution in [0.5, 0.6) is 5.75 Å². The molecule has 0 saturated carbocycles. The van der Waals surface area contributed by atoms with Crippen LogP contribution in [0, 0.1) is 10.1 Å². The van der Waals surface area contributed by atoms with Crippen LogP contribution >= 0.6 is 0 Å². The van der Waals surface area contributed by atoms with Crippen molar-refractivity contribution in [3.63, 3.8) is 0 Å². The molecule has 3 aromatic rings. The molecule has 3 N–H and O–H groups in total. The molecule has 10 nitrogen and oxygen atoms in total. The number of hydrogen-bond donors (Lipinski definition) is 2. The maximum Gasteiger partial charge on any atom is 0.297 e. The topological polar surface area (TPSA) is 143 Å². The molecule has 0 atom stereocenters. The number of carbonyl (C=O) groups is 1. The molecular formula is C37H54N4O6Y. The smallest absolute Gasteiger partial charge is 0.297 e. The summed E-state index contributed by atoms with van der Waals surface area (Å²) >= 11 is 0. The summed E-state index contributed by atoms with van der Waals surface area (Å²) in [6, 6.07) is 10.8. The fourth-order valence-electron chi connectivity index (χ4n) is 5.61. The van der Waals surface area contributed by atoms with E-state index in [0.717, 1.165) is 24.0 Å². The Kier molecular flexibility index (Phi) is 18.2. The molecule has 1 radical (unpaired) electrons. The second-order valence-corrected chi connectivity index (χ2v) is 13.4. The second-order valence-electron chi connectivity index (χ2n) is 13.4. The van der Waals surface area contributed by atoms with Crippen LogP contribution in [0.2, 0.25) is 0 Å². The van der Waals surface area contributed by atoms with Gasteiger partial charge in [0.1, 0.15) is 12.4 Å². The molecule has 1 heterocycles. The van der Waals surface area contributed by atoms with E-state index in [0.29, 0.717) is 23.7 Å². The fourth-order valence-corrected chi connectivity index (χ4v) is 5.61. The zero-order valence-electron chi connectivity index (χ0n) is 29.4. The number of nitro benzene ring substituents is 1. The van der Waals surface area contributed by atoms with E-state index in [2.05, 4.69) is 12.2 Å². The number of carbonyl (C=O) groups excluding carboxylic acids is 1. The molecule has 0 aliphatic heterocycles. The molecule has 261 valence electrons. The number of anilines is 1. The molecule has 3 rings (SSSR count). The minimum absolute atomic E-state index is 0. The van der Waals surface area contributed by atoms with Gasteiger partial charge in [0.05, 0.1) is 10.5 Å². The van der Waals surface area contributed by atoms with Gasteiger partial charge in [-0.05, 0) is 42.8 Å². The van der Waals surface area contributed by atoms with Crippen molar-refractivity contribution in [2.24, 2.45) is 0 Å². The average molecular weight is 740 g/mol.